The Morgan fingerprint density at radius 1 is 1.00 bits per heavy atom. The molecule has 4 aromatic rings. The van der Waals surface area contributed by atoms with Gasteiger partial charge in [0.05, 0.1) is 18.4 Å². The Labute approximate surface area is 212 Å². The van der Waals surface area contributed by atoms with E-state index in [4.69, 9.17) is 9.47 Å². The summed E-state index contributed by atoms with van der Waals surface area (Å²) < 4.78 is 12.5. The molecule has 0 saturated carbocycles. The predicted molar refractivity (Wildman–Crippen MR) is 141 cm³/mol. The van der Waals surface area contributed by atoms with E-state index in [1.165, 1.54) is 11.8 Å². The number of hydrogen-bond donors (Lipinski definition) is 2. The minimum atomic E-state index is -0.510. The zero-order valence-electron chi connectivity index (χ0n) is 19.4. The summed E-state index contributed by atoms with van der Waals surface area (Å²) in [6.07, 6.45) is 1.51. The molecule has 0 aliphatic rings. The lowest BCUT2D eigenvalue weighted by Gasteiger charge is -2.14. The molecule has 7 heteroatoms. The molecule has 0 aliphatic heterocycles. The normalized spacial score (nSPS) is 11.1. The number of nitrogens with one attached hydrogen (secondary N) is 1. The van der Waals surface area contributed by atoms with Crippen molar-refractivity contribution in [3.8, 4) is 17.2 Å². The van der Waals surface area contributed by atoms with Crippen molar-refractivity contribution in [2.45, 2.75) is 20.5 Å². The maximum atomic E-state index is 12.6. The van der Waals surface area contributed by atoms with Crippen molar-refractivity contribution >= 4 is 38.8 Å². The van der Waals surface area contributed by atoms with Crippen LogP contribution in [0.15, 0.2) is 82.4 Å². The van der Waals surface area contributed by atoms with Gasteiger partial charge < -0.3 is 14.6 Å². The third-order valence-electron chi connectivity index (χ3n) is 5.36. The second-order valence-corrected chi connectivity index (χ2v) is 8.80. The van der Waals surface area contributed by atoms with Crippen molar-refractivity contribution < 1.29 is 19.4 Å². The van der Waals surface area contributed by atoms with E-state index in [0.29, 0.717) is 30.3 Å². The van der Waals surface area contributed by atoms with Gasteiger partial charge in [0, 0.05) is 10.0 Å². The summed E-state index contributed by atoms with van der Waals surface area (Å²) in [4.78, 5) is 12.6. The first-order valence-electron chi connectivity index (χ1n) is 11.1. The molecule has 0 atom stereocenters. The Bertz CT molecular complexity index is 1380. The molecule has 0 heterocycles. The number of ether oxygens (including phenoxy) is 2. The van der Waals surface area contributed by atoms with Crippen LogP contribution < -0.4 is 14.9 Å². The Kier molecular flexibility index (Phi) is 7.67. The average molecular weight is 533 g/mol. The molecule has 0 aromatic heterocycles. The minimum Gasteiger partial charge on any atom is -0.507 e. The van der Waals surface area contributed by atoms with Gasteiger partial charge in [-0.2, -0.15) is 5.10 Å². The standard InChI is InChI=1S/C28H25BrN2O4/c1-3-34-26-14-22(24(29)15-27(26)35-17-19-10-8-18(2)9-11-19)16-30-31-28(33)23-12-20-6-4-5-7-21(20)13-25(23)32/h4-16,32H,3,17H2,1-2H3,(H,31,33). The van der Waals surface area contributed by atoms with Crippen molar-refractivity contribution in [2.24, 2.45) is 5.10 Å². The fourth-order valence-electron chi connectivity index (χ4n) is 3.51. The topological polar surface area (TPSA) is 80.2 Å². The molecule has 35 heavy (non-hydrogen) atoms. The second kappa shape index (κ2) is 11.1. The highest BCUT2D eigenvalue weighted by molar-refractivity contribution is 9.10. The number of fused-ring (bicyclic) bond motifs is 1. The Morgan fingerprint density at radius 2 is 1.69 bits per heavy atom. The number of nitrogens with zero attached hydrogens (tertiary/aromatic N) is 1. The maximum Gasteiger partial charge on any atom is 0.275 e. The van der Waals surface area contributed by atoms with Crippen molar-refractivity contribution in [2.75, 3.05) is 6.61 Å². The molecule has 0 saturated heterocycles. The highest BCUT2D eigenvalue weighted by Crippen LogP contribution is 2.34. The largest absolute Gasteiger partial charge is 0.507 e. The number of halogens is 1. The molecule has 2 N–H and O–H groups in total. The van der Waals surface area contributed by atoms with Crippen LogP contribution >= 0.6 is 15.9 Å². The number of aryl methyl sites for hydroxylation is 1. The van der Waals surface area contributed by atoms with Crippen LogP contribution in [0.5, 0.6) is 17.2 Å². The number of carbonyl (C=O) groups is 1. The number of hydrogen-bond acceptors (Lipinski definition) is 5. The summed E-state index contributed by atoms with van der Waals surface area (Å²) >= 11 is 3.54. The molecule has 4 rings (SSSR count). The van der Waals surface area contributed by atoms with Gasteiger partial charge in [-0.15, -0.1) is 0 Å². The minimum absolute atomic E-state index is 0.105. The SMILES string of the molecule is CCOc1cc(C=NNC(=O)c2cc3ccccc3cc2O)c(Br)cc1OCc1ccc(C)cc1. The van der Waals surface area contributed by atoms with Crippen molar-refractivity contribution in [3.05, 3.63) is 99.5 Å². The molecule has 1 amide bonds. The molecule has 6 nitrogen and oxygen atoms in total. The van der Waals surface area contributed by atoms with Gasteiger partial charge in [-0.25, -0.2) is 5.43 Å². The summed E-state index contributed by atoms with van der Waals surface area (Å²) in [5.74, 6) is 0.555. The van der Waals surface area contributed by atoms with Crippen molar-refractivity contribution in [3.63, 3.8) is 0 Å². The first-order chi connectivity index (χ1) is 16.9. The predicted octanol–water partition coefficient (Wildman–Crippen LogP) is 6.36. The first kappa shape index (κ1) is 24.3. The van der Waals surface area contributed by atoms with E-state index < -0.39 is 5.91 Å². The van der Waals surface area contributed by atoms with Crippen LogP contribution in [0.2, 0.25) is 0 Å². The molecule has 4 aromatic carbocycles. The molecular weight excluding hydrogens is 508 g/mol. The summed E-state index contributed by atoms with van der Waals surface area (Å²) in [7, 11) is 0. The monoisotopic (exact) mass is 532 g/mol. The number of rotatable bonds is 8. The lowest BCUT2D eigenvalue weighted by Crippen LogP contribution is -2.17. The third-order valence-corrected chi connectivity index (χ3v) is 6.04. The lowest BCUT2D eigenvalue weighted by atomic mass is 10.1. The van der Waals surface area contributed by atoms with Gasteiger partial charge in [-0.05, 0) is 70.4 Å². The zero-order valence-corrected chi connectivity index (χ0v) is 21.0. The van der Waals surface area contributed by atoms with Crippen LogP contribution in [0, 0.1) is 6.92 Å². The van der Waals surface area contributed by atoms with Gasteiger partial charge in [-0.3, -0.25) is 4.79 Å². The summed E-state index contributed by atoms with van der Waals surface area (Å²) in [5.41, 5.74) is 5.56. The molecule has 0 radical (unpaired) electrons. The number of benzene rings is 4. The third kappa shape index (κ3) is 6.00. The van der Waals surface area contributed by atoms with E-state index in [1.807, 2.05) is 68.4 Å². The van der Waals surface area contributed by atoms with Crippen LogP contribution in [-0.4, -0.2) is 23.8 Å². The van der Waals surface area contributed by atoms with Gasteiger partial charge in [0.25, 0.3) is 5.91 Å². The Balaban J connectivity index is 1.48. The number of phenols is 1. The highest BCUT2D eigenvalue weighted by atomic mass is 79.9. The number of amides is 1. The second-order valence-electron chi connectivity index (χ2n) is 7.94. The van der Waals surface area contributed by atoms with E-state index in [2.05, 4.69) is 26.5 Å². The van der Waals surface area contributed by atoms with Gasteiger partial charge in [0.15, 0.2) is 11.5 Å². The number of phenolic OH excluding ortho intramolecular Hbond substituents is 1. The smallest absolute Gasteiger partial charge is 0.275 e. The Morgan fingerprint density at radius 3 is 2.40 bits per heavy atom. The van der Waals surface area contributed by atoms with Crippen LogP contribution in [0.4, 0.5) is 0 Å². The fourth-order valence-corrected chi connectivity index (χ4v) is 3.93. The van der Waals surface area contributed by atoms with Crippen LogP contribution in [0.1, 0.15) is 34.0 Å². The van der Waals surface area contributed by atoms with E-state index in [1.54, 1.807) is 18.2 Å². The molecule has 0 unspecified atom stereocenters. The van der Waals surface area contributed by atoms with E-state index in [-0.39, 0.29) is 11.3 Å². The van der Waals surface area contributed by atoms with Crippen LogP contribution in [0.3, 0.4) is 0 Å². The van der Waals surface area contributed by atoms with Gasteiger partial charge >= 0.3 is 0 Å². The molecular formula is C28H25BrN2O4. The van der Waals surface area contributed by atoms with Gasteiger partial charge in [0.2, 0.25) is 0 Å². The zero-order chi connectivity index (χ0) is 24.8. The van der Waals surface area contributed by atoms with E-state index in [0.717, 1.165) is 20.8 Å². The lowest BCUT2D eigenvalue weighted by molar-refractivity contribution is 0.0952. The van der Waals surface area contributed by atoms with Crippen LogP contribution in [0.25, 0.3) is 10.8 Å². The number of aromatic hydroxyl groups is 1. The van der Waals surface area contributed by atoms with E-state index in [9.17, 15) is 9.90 Å². The average Bonchev–Trinajstić information content (AvgIpc) is 2.85. The molecule has 0 aliphatic carbocycles. The molecule has 0 spiro atoms. The first-order valence-corrected chi connectivity index (χ1v) is 11.9. The summed E-state index contributed by atoms with van der Waals surface area (Å²) in [6, 6.07) is 22.5. The summed E-state index contributed by atoms with van der Waals surface area (Å²) in [6.45, 7) is 4.82. The fraction of sp³-hybridized carbons (Fsp3) is 0.143. The Hall–Kier alpha value is -3.84. The number of carbonyl (C=O) groups excluding carboxylic acids is 1. The van der Waals surface area contributed by atoms with Gasteiger partial charge in [-0.1, -0.05) is 54.1 Å². The van der Waals surface area contributed by atoms with Crippen molar-refractivity contribution in [1.82, 2.24) is 5.43 Å². The molecule has 178 valence electrons. The maximum absolute atomic E-state index is 12.6. The van der Waals surface area contributed by atoms with Gasteiger partial charge in [0.1, 0.15) is 12.4 Å². The van der Waals surface area contributed by atoms with Crippen molar-refractivity contribution in [1.29, 1.82) is 0 Å². The molecule has 0 fully saturated rings. The highest BCUT2D eigenvalue weighted by Gasteiger charge is 2.13. The molecule has 0 bridgehead atoms. The number of hydrazone groups is 1. The quantitative estimate of drug-likeness (QED) is 0.204. The summed E-state index contributed by atoms with van der Waals surface area (Å²) in [5, 5.41) is 16.0. The van der Waals surface area contributed by atoms with E-state index >= 15 is 0 Å². The van der Waals surface area contributed by atoms with Crippen LogP contribution in [-0.2, 0) is 6.61 Å².